The summed E-state index contributed by atoms with van der Waals surface area (Å²) in [4.78, 5) is 24.6. The van der Waals surface area contributed by atoms with Crippen molar-refractivity contribution in [2.75, 3.05) is 13.2 Å². The van der Waals surface area contributed by atoms with Crippen LogP contribution in [-0.4, -0.2) is 42.4 Å². The Labute approximate surface area is 125 Å². The van der Waals surface area contributed by atoms with E-state index < -0.39 is 17.2 Å². The van der Waals surface area contributed by atoms with Crippen LogP contribution in [-0.2, 0) is 14.3 Å². The van der Waals surface area contributed by atoms with E-state index in [1.54, 1.807) is 0 Å². The number of rotatable bonds is 4. The number of hydrogen-bond donors (Lipinski definition) is 2. The van der Waals surface area contributed by atoms with Crippen LogP contribution in [0.15, 0.2) is 0 Å². The highest BCUT2D eigenvalue weighted by molar-refractivity contribution is 5.90. The van der Waals surface area contributed by atoms with Crippen molar-refractivity contribution in [3.8, 4) is 0 Å². The minimum atomic E-state index is -0.838. The lowest BCUT2D eigenvalue weighted by Crippen LogP contribution is -2.60. The molecule has 6 nitrogen and oxygen atoms in total. The monoisotopic (exact) mass is 298 g/mol. The first-order valence-electron chi connectivity index (χ1n) is 7.72. The zero-order chi connectivity index (χ0) is 15.5. The molecule has 1 saturated carbocycles. The number of carbonyl (C=O) groups is 2. The number of nitrogens with one attached hydrogen (secondary N) is 2. The summed E-state index contributed by atoms with van der Waals surface area (Å²) in [7, 11) is 0. The second-order valence-corrected chi connectivity index (χ2v) is 6.94. The molecular weight excluding hydrogens is 272 g/mol. The molecule has 2 amide bonds. The second kappa shape index (κ2) is 6.22. The van der Waals surface area contributed by atoms with Crippen LogP contribution < -0.4 is 10.6 Å². The van der Waals surface area contributed by atoms with Gasteiger partial charge >= 0.3 is 6.09 Å². The number of alkyl carbamates (subject to hydrolysis) is 1. The number of ether oxygens (including phenoxy) is 2. The summed E-state index contributed by atoms with van der Waals surface area (Å²) in [6.45, 7) is 6.64. The highest BCUT2D eigenvalue weighted by Crippen LogP contribution is 2.29. The summed E-state index contributed by atoms with van der Waals surface area (Å²) in [5.41, 5.74) is -1.41. The Kier molecular flexibility index (Phi) is 4.76. The number of amides is 2. The fraction of sp³-hybridized carbons (Fsp3) is 0.867. The highest BCUT2D eigenvalue weighted by Gasteiger charge is 2.42. The van der Waals surface area contributed by atoms with Crippen molar-refractivity contribution in [1.82, 2.24) is 10.6 Å². The molecule has 120 valence electrons. The average molecular weight is 298 g/mol. The SMILES string of the molecule is CC(C)(C)OC(=O)NC1(C(=O)NCC2CO2)CCCCC1. The predicted octanol–water partition coefficient (Wildman–Crippen LogP) is 1.73. The van der Waals surface area contributed by atoms with Crippen molar-refractivity contribution in [3.63, 3.8) is 0 Å². The van der Waals surface area contributed by atoms with Gasteiger partial charge in [0, 0.05) is 6.54 Å². The average Bonchev–Trinajstić information content (AvgIpc) is 3.18. The normalized spacial score (nSPS) is 24.0. The van der Waals surface area contributed by atoms with E-state index in [2.05, 4.69) is 10.6 Å². The molecule has 0 aromatic heterocycles. The van der Waals surface area contributed by atoms with Gasteiger partial charge in [-0.3, -0.25) is 4.79 Å². The third kappa shape index (κ3) is 4.88. The van der Waals surface area contributed by atoms with Gasteiger partial charge in [-0.05, 0) is 33.6 Å². The molecule has 2 rings (SSSR count). The van der Waals surface area contributed by atoms with Gasteiger partial charge in [-0.25, -0.2) is 4.79 Å². The van der Waals surface area contributed by atoms with Gasteiger partial charge in [0.2, 0.25) is 5.91 Å². The van der Waals surface area contributed by atoms with Crippen molar-refractivity contribution < 1.29 is 19.1 Å². The molecule has 2 aliphatic rings. The number of epoxide rings is 1. The van der Waals surface area contributed by atoms with Gasteiger partial charge in [0.25, 0.3) is 0 Å². The molecule has 1 heterocycles. The molecule has 2 N–H and O–H groups in total. The minimum Gasteiger partial charge on any atom is -0.444 e. The number of carbonyl (C=O) groups excluding carboxylic acids is 2. The Morgan fingerprint density at radius 2 is 1.86 bits per heavy atom. The fourth-order valence-corrected chi connectivity index (χ4v) is 2.62. The van der Waals surface area contributed by atoms with Crippen LogP contribution in [0.4, 0.5) is 4.79 Å². The summed E-state index contributed by atoms with van der Waals surface area (Å²) < 4.78 is 10.4. The van der Waals surface area contributed by atoms with Crippen LogP contribution in [0.3, 0.4) is 0 Å². The van der Waals surface area contributed by atoms with Gasteiger partial charge in [-0.15, -0.1) is 0 Å². The first-order chi connectivity index (χ1) is 9.81. The van der Waals surface area contributed by atoms with Crippen LogP contribution >= 0.6 is 0 Å². The molecule has 1 aliphatic heterocycles. The third-order valence-electron chi connectivity index (χ3n) is 3.77. The topological polar surface area (TPSA) is 80.0 Å². The molecule has 0 aromatic carbocycles. The van der Waals surface area contributed by atoms with E-state index in [-0.39, 0.29) is 12.0 Å². The van der Waals surface area contributed by atoms with Crippen LogP contribution in [0.2, 0.25) is 0 Å². The zero-order valence-electron chi connectivity index (χ0n) is 13.2. The Morgan fingerprint density at radius 3 is 2.38 bits per heavy atom. The van der Waals surface area contributed by atoms with Crippen molar-refractivity contribution in [2.24, 2.45) is 0 Å². The maximum Gasteiger partial charge on any atom is 0.408 e. The molecule has 0 aromatic rings. The quantitative estimate of drug-likeness (QED) is 0.775. The molecule has 0 spiro atoms. The molecule has 1 aliphatic carbocycles. The van der Waals surface area contributed by atoms with E-state index in [0.717, 1.165) is 19.3 Å². The highest BCUT2D eigenvalue weighted by atomic mass is 16.6. The van der Waals surface area contributed by atoms with E-state index in [9.17, 15) is 9.59 Å². The summed E-state index contributed by atoms with van der Waals surface area (Å²) in [6, 6.07) is 0. The predicted molar refractivity (Wildman–Crippen MR) is 77.9 cm³/mol. The van der Waals surface area contributed by atoms with Crippen LogP contribution in [0, 0.1) is 0 Å². The summed E-state index contributed by atoms with van der Waals surface area (Å²) in [5.74, 6) is -0.122. The Hall–Kier alpha value is -1.30. The first kappa shape index (κ1) is 16.1. The Bertz CT molecular complexity index is 393. The standard InChI is InChI=1S/C15H26N2O4/c1-14(2,3)21-13(19)17-15(7-5-4-6-8-15)12(18)16-9-11-10-20-11/h11H,4-10H2,1-3H3,(H,16,18)(H,17,19). The first-order valence-corrected chi connectivity index (χ1v) is 7.72. The van der Waals surface area contributed by atoms with Gasteiger partial charge in [-0.1, -0.05) is 19.3 Å². The largest absolute Gasteiger partial charge is 0.444 e. The van der Waals surface area contributed by atoms with E-state index in [4.69, 9.17) is 9.47 Å². The maximum absolute atomic E-state index is 12.5. The Balaban J connectivity index is 1.97. The van der Waals surface area contributed by atoms with Gasteiger partial charge in [-0.2, -0.15) is 0 Å². The lowest BCUT2D eigenvalue weighted by Gasteiger charge is -2.37. The fourth-order valence-electron chi connectivity index (χ4n) is 2.62. The minimum absolute atomic E-state index is 0.122. The van der Waals surface area contributed by atoms with Gasteiger partial charge in [0.15, 0.2) is 0 Å². The molecule has 21 heavy (non-hydrogen) atoms. The van der Waals surface area contributed by atoms with E-state index in [0.29, 0.717) is 26.0 Å². The molecule has 0 bridgehead atoms. The Morgan fingerprint density at radius 1 is 1.24 bits per heavy atom. The van der Waals surface area contributed by atoms with E-state index in [1.165, 1.54) is 0 Å². The third-order valence-corrected chi connectivity index (χ3v) is 3.77. The van der Waals surface area contributed by atoms with Crippen molar-refractivity contribution in [3.05, 3.63) is 0 Å². The van der Waals surface area contributed by atoms with E-state index >= 15 is 0 Å². The lowest BCUT2D eigenvalue weighted by atomic mass is 9.81. The molecule has 6 heteroatoms. The van der Waals surface area contributed by atoms with Gasteiger partial charge in [0.05, 0.1) is 12.7 Å². The summed E-state index contributed by atoms with van der Waals surface area (Å²) >= 11 is 0. The molecule has 1 atom stereocenters. The van der Waals surface area contributed by atoms with Crippen LogP contribution in [0.25, 0.3) is 0 Å². The smallest absolute Gasteiger partial charge is 0.408 e. The maximum atomic E-state index is 12.5. The van der Waals surface area contributed by atoms with Crippen LogP contribution in [0.5, 0.6) is 0 Å². The zero-order valence-corrected chi connectivity index (χ0v) is 13.2. The second-order valence-electron chi connectivity index (χ2n) is 6.94. The van der Waals surface area contributed by atoms with Crippen LogP contribution in [0.1, 0.15) is 52.9 Å². The molecule has 1 unspecified atom stereocenters. The molecule has 1 saturated heterocycles. The summed E-state index contributed by atoms with van der Waals surface area (Å²) in [6.07, 6.45) is 3.88. The number of hydrogen-bond acceptors (Lipinski definition) is 4. The van der Waals surface area contributed by atoms with Crippen molar-refractivity contribution in [1.29, 1.82) is 0 Å². The van der Waals surface area contributed by atoms with Gasteiger partial charge < -0.3 is 20.1 Å². The van der Waals surface area contributed by atoms with Gasteiger partial charge in [0.1, 0.15) is 11.1 Å². The summed E-state index contributed by atoms with van der Waals surface area (Å²) in [5, 5.41) is 5.71. The van der Waals surface area contributed by atoms with Crippen molar-refractivity contribution in [2.45, 2.75) is 70.1 Å². The molecule has 0 radical (unpaired) electrons. The molecule has 2 fully saturated rings. The lowest BCUT2D eigenvalue weighted by molar-refractivity contribution is -0.129. The van der Waals surface area contributed by atoms with Crippen molar-refractivity contribution >= 4 is 12.0 Å². The van der Waals surface area contributed by atoms with E-state index in [1.807, 2.05) is 20.8 Å². The molecular formula is C15H26N2O4.